The van der Waals surface area contributed by atoms with Gasteiger partial charge in [-0.05, 0) is 51.3 Å². The van der Waals surface area contributed by atoms with E-state index in [1.165, 1.54) is 0 Å². The molecule has 0 aliphatic rings. The highest BCUT2D eigenvalue weighted by Gasteiger charge is 2.07. The molecule has 114 valence electrons. The molecule has 3 rings (SSSR count). The second-order valence-electron chi connectivity index (χ2n) is 5.21. The zero-order valence-corrected chi connectivity index (χ0v) is 14.5. The first-order valence-corrected chi connectivity index (χ1v) is 8.26. The lowest BCUT2D eigenvalue weighted by atomic mass is 10.1. The van der Waals surface area contributed by atoms with Crippen LogP contribution in [-0.2, 0) is 13.0 Å². The maximum Gasteiger partial charge on any atom is 0.113 e. The van der Waals surface area contributed by atoms with Crippen LogP contribution in [0.15, 0.2) is 59.3 Å². The first kappa shape index (κ1) is 15.8. The summed E-state index contributed by atoms with van der Waals surface area (Å²) >= 11 is 9.48. The lowest BCUT2D eigenvalue weighted by molar-refractivity contribution is 0.740. The summed E-state index contributed by atoms with van der Waals surface area (Å²) in [7, 11) is 0. The van der Waals surface area contributed by atoms with E-state index < -0.39 is 0 Å². The molecule has 0 radical (unpaired) electrons. The van der Waals surface area contributed by atoms with Crippen LogP contribution < -0.4 is 0 Å². The van der Waals surface area contributed by atoms with E-state index in [1.54, 1.807) is 6.20 Å². The van der Waals surface area contributed by atoms with Crippen LogP contribution in [0.2, 0.25) is 5.02 Å². The van der Waals surface area contributed by atoms with Crippen LogP contribution in [0.25, 0.3) is 0 Å². The fraction of sp³-hybridized carbons (Fsp3) is 0.111. The summed E-state index contributed by atoms with van der Waals surface area (Å²) in [4.78, 5) is 4.45. The minimum atomic E-state index is 0.672. The van der Waals surface area contributed by atoms with Crippen molar-refractivity contribution < 1.29 is 0 Å². The second kappa shape index (κ2) is 6.99. The van der Waals surface area contributed by atoms with Crippen LogP contribution in [0.5, 0.6) is 0 Å². The van der Waals surface area contributed by atoms with Gasteiger partial charge in [0.15, 0.2) is 0 Å². The van der Waals surface area contributed by atoms with Gasteiger partial charge in [-0.25, -0.2) is 4.98 Å². The predicted molar refractivity (Wildman–Crippen MR) is 94.4 cm³/mol. The van der Waals surface area contributed by atoms with Gasteiger partial charge in [-0.3, -0.25) is 0 Å². The third-order valence-corrected chi connectivity index (χ3v) is 4.77. The summed E-state index contributed by atoms with van der Waals surface area (Å²) in [5.41, 5.74) is 2.89. The highest BCUT2D eigenvalue weighted by Crippen LogP contribution is 2.24. The number of aromatic nitrogens is 2. The van der Waals surface area contributed by atoms with Crippen molar-refractivity contribution in [3.05, 3.63) is 86.9 Å². The topological polar surface area (TPSA) is 41.6 Å². The summed E-state index contributed by atoms with van der Waals surface area (Å²) in [5, 5.41) is 9.70. The molecule has 0 saturated heterocycles. The van der Waals surface area contributed by atoms with Crippen molar-refractivity contribution >= 4 is 27.5 Å². The van der Waals surface area contributed by atoms with Gasteiger partial charge in [0.05, 0.1) is 16.7 Å². The maximum atomic E-state index is 9.00. The van der Waals surface area contributed by atoms with Gasteiger partial charge in [-0.1, -0.05) is 29.8 Å². The zero-order valence-electron chi connectivity index (χ0n) is 12.2. The summed E-state index contributed by atoms with van der Waals surface area (Å²) in [5.74, 6) is 0.974. The van der Waals surface area contributed by atoms with Crippen molar-refractivity contribution in [2.45, 2.75) is 13.0 Å². The summed E-state index contributed by atoms with van der Waals surface area (Å²) in [6, 6.07) is 15.7. The number of halogens is 2. The molecule has 1 aromatic heterocycles. The summed E-state index contributed by atoms with van der Waals surface area (Å²) in [6.07, 6.45) is 4.48. The van der Waals surface area contributed by atoms with E-state index in [0.29, 0.717) is 17.1 Å². The Morgan fingerprint density at radius 1 is 1.17 bits per heavy atom. The molecule has 0 aliphatic carbocycles. The Hall–Kier alpha value is -2.09. The highest BCUT2D eigenvalue weighted by molar-refractivity contribution is 9.10. The van der Waals surface area contributed by atoms with Crippen LogP contribution in [0.3, 0.4) is 0 Å². The van der Waals surface area contributed by atoms with Crippen molar-refractivity contribution in [2.24, 2.45) is 0 Å². The van der Waals surface area contributed by atoms with Gasteiger partial charge >= 0.3 is 0 Å². The highest BCUT2D eigenvalue weighted by atomic mass is 79.9. The third-order valence-electron chi connectivity index (χ3n) is 3.56. The Bertz CT molecular complexity index is 880. The standard InChI is InChI=1S/C18H13BrClN3/c19-16-9-13(4-5-17(16)20)10-18-22-6-7-23(18)12-15-3-1-2-14(8-15)11-21/h1-9H,10,12H2. The molecule has 0 atom stereocenters. The Morgan fingerprint density at radius 2 is 2.04 bits per heavy atom. The zero-order chi connectivity index (χ0) is 16.2. The van der Waals surface area contributed by atoms with E-state index in [9.17, 15) is 0 Å². The Balaban J connectivity index is 1.81. The summed E-state index contributed by atoms with van der Waals surface area (Å²) < 4.78 is 2.98. The number of rotatable bonds is 4. The van der Waals surface area contributed by atoms with E-state index in [1.807, 2.05) is 48.7 Å². The van der Waals surface area contributed by atoms with Gasteiger partial charge in [0.1, 0.15) is 5.82 Å². The van der Waals surface area contributed by atoms with Crippen LogP contribution in [-0.4, -0.2) is 9.55 Å². The Labute approximate surface area is 148 Å². The largest absolute Gasteiger partial charge is 0.330 e. The number of nitriles is 1. The fourth-order valence-corrected chi connectivity index (χ4v) is 2.96. The van der Waals surface area contributed by atoms with Gasteiger partial charge in [0.2, 0.25) is 0 Å². The van der Waals surface area contributed by atoms with Gasteiger partial charge in [-0.15, -0.1) is 0 Å². The number of hydrogen-bond acceptors (Lipinski definition) is 2. The smallest absolute Gasteiger partial charge is 0.113 e. The number of nitrogens with zero attached hydrogens (tertiary/aromatic N) is 3. The minimum Gasteiger partial charge on any atom is -0.330 e. The average Bonchev–Trinajstić information content (AvgIpc) is 2.98. The lowest BCUT2D eigenvalue weighted by Gasteiger charge is -2.09. The van der Waals surface area contributed by atoms with Crippen LogP contribution in [0.4, 0.5) is 0 Å². The first-order valence-electron chi connectivity index (χ1n) is 7.08. The quantitative estimate of drug-likeness (QED) is 0.645. The molecule has 2 aromatic carbocycles. The van der Waals surface area contributed by atoms with Crippen molar-refractivity contribution in [2.75, 3.05) is 0 Å². The van der Waals surface area contributed by atoms with Crippen LogP contribution >= 0.6 is 27.5 Å². The molecule has 0 aliphatic heterocycles. The molecular formula is C18H13BrClN3. The molecule has 0 fully saturated rings. The SMILES string of the molecule is N#Cc1cccc(Cn2ccnc2Cc2ccc(Cl)c(Br)c2)c1. The van der Waals surface area contributed by atoms with Crippen molar-refractivity contribution in [1.29, 1.82) is 5.26 Å². The predicted octanol–water partition coefficient (Wildman–Crippen LogP) is 4.81. The van der Waals surface area contributed by atoms with E-state index in [-0.39, 0.29) is 0 Å². The molecule has 23 heavy (non-hydrogen) atoms. The lowest BCUT2D eigenvalue weighted by Crippen LogP contribution is -2.05. The van der Waals surface area contributed by atoms with Crippen LogP contribution in [0.1, 0.15) is 22.5 Å². The minimum absolute atomic E-state index is 0.672. The number of hydrogen-bond donors (Lipinski definition) is 0. The number of benzene rings is 2. The molecule has 0 saturated carbocycles. The molecule has 0 unspecified atom stereocenters. The maximum absolute atomic E-state index is 9.00. The van der Waals surface area contributed by atoms with E-state index in [4.69, 9.17) is 16.9 Å². The van der Waals surface area contributed by atoms with Gasteiger partial charge in [0, 0.05) is 29.8 Å². The first-order chi connectivity index (χ1) is 11.2. The summed E-state index contributed by atoms with van der Waals surface area (Å²) in [6.45, 7) is 0.694. The van der Waals surface area contributed by atoms with E-state index >= 15 is 0 Å². The van der Waals surface area contributed by atoms with Gasteiger partial charge in [-0.2, -0.15) is 5.26 Å². The molecule has 0 N–H and O–H groups in total. The molecular weight excluding hydrogens is 374 g/mol. The van der Waals surface area contributed by atoms with E-state index in [0.717, 1.165) is 27.8 Å². The van der Waals surface area contributed by atoms with Crippen molar-refractivity contribution in [3.8, 4) is 6.07 Å². The molecule has 3 nitrogen and oxygen atoms in total. The third kappa shape index (κ3) is 3.82. The normalized spacial score (nSPS) is 10.5. The molecule has 3 aromatic rings. The Morgan fingerprint density at radius 3 is 2.83 bits per heavy atom. The second-order valence-corrected chi connectivity index (χ2v) is 6.47. The molecule has 0 amide bonds. The van der Waals surface area contributed by atoms with Gasteiger partial charge in [0.25, 0.3) is 0 Å². The fourth-order valence-electron chi connectivity index (χ4n) is 2.42. The monoisotopic (exact) mass is 385 g/mol. The Kier molecular flexibility index (Phi) is 4.80. The molecule has 1 heterocycles. The molecule has 0 spiro atoms. The average molecular weight is 387 g/mol. The molecule has 5 heteroatoms. The van der Waals surface area contributed by atoms with Crippen molar-refractivity contribution in [3.63, 3.8) is 0 Å². The number of imidazole rings is 1. The molecule has 0 bridgehead atoms. The van der Waals surface area contributed by atoms with Gasteiger partial charge < -0.3 is 4.57 Å². The van der Waals surface area contributed by atoms with E-state index in [2.05, 4.69) is 31.6 Å². The van der Waals surface area contributed by atoms with Crippen molar-refractivity contribution in [1.82, 2.24) is 9.55 Å². The van der Waals surface area contributed by atoms with Crippen LogP contribution in [0, 0.1) is 11.3 Å².